The summed E-state index contributed by atoms with van der Waals surface area (Å²) in [6, 6.07) is 13.5. The molecule has 1 unspecified atom stereocenters. The molecule has 0 saturated carbocycles. The molecule has 17 heteroatoms. The maximum Gasteiger partial charge on any atom is 0.325 e. The number of carbonyl (C=O) groups excluding carboxylic acids is 6. The Morgan fingerprint density at radius 3 is 2.48 bits per heavy atom. The van der Waals surface area contributed by atoms with Gasteiger partial charge in [-0.25, -0.2) is 9.69 Å². The zero-order chi connectivity index (χ0) is 43.9. The molecule has 2 aliphatic heterocycles. The number of amides is 6. The summed E-state index contributed by atoms with van der Waals surface area (Å²) in [4.78, 5) is 70.5. The van der Waals surface area contributed by atoms with E-state index in [1.54, 1.807) is 30.3 Å². The van der Waals surface area contributed by atoms with Gasteiger partial charge in [-0.3, -0.25) is 29.9 Å². The van der Waals surface area contributed by atoms with Gasteiger partial charge in [0.25, 0.3) is 5.91 Å². The number of benzene rings is 3. The summed E-state index contributed by atoms with van der Waals surface area (Å²) in [6.45, 7) is 8.77. The molecular weight excluding hydrogens is 773 g/mol. The Morgan fingerprint density at radius 1 is 1.08 bits per heavy atom. The van der Waals surface area contributed by atoms with Gasteiger partial charge in [-0.15, -0.1) is 0 Å². The van der Waals surface area contributed by atoms with Crippen molar-refractivity contribution in [3.05, 3.63) is 83.0 Å². The van der Waals surface area contributed by atoms with Gasteiger partial charge in [0.05, 0.1) is 24.5 Å². The highest BCUT2D eigenvalue weighted by atomic mass is 16.5. The first kappa shape index (κ1) is 46.1. The van der Waals surface area contributed by atoms with Crippen molar-refractivity contribution in [3.63, 3.8) is 0 Å². The van der Waals surface area contributed by atoms with Crippen LogP contribution in [0.2, 0.25) is 0 Å². The standard InChI is InChI=1S/C24H31N5O4.C14H13N3O4.C5H10O/c1-15(2)18-13-19(22(31)14-21(18)30)23(25)29(24(26)32)17-4-5-20-16(12-17)6-8-28(20)9-11-33-10-7-27-3;18-7-15-10-3-1-2-8-9(10)6-17(14(8)21)11-4-5-12(19)16-13(11)20;1-2-3-4-5-6/h4-6,8,12-15,25,27,30-31H,7,9-11H2,1-3H3,(H2,26,32);1-3,7,11H,4-6H2,(H,15,18)(H,16,19,20);5H,2-4H2,1H3. The normalized spacial score (nSPS) is 14.4. The van der Waals surface area contributed by atoms with Gasteiger partial charge < -0.3 is 45.6 Å². The topological polar surface area (TPSA) is 249 Å². The molecule has 4 aromatic rings. The minimum Gasteiger partial charge on any atom is -0.508 e. The number of fused-ring (bicyclic) bond motifs is 2. The monoisotopic (exact) mass is 826 g/mol. The summed E-state index contributed by atoms with van der Waals surface area (Å²) < 4.78 is 7.65. The average Bonchev–Trinajstić information content (AvgIpc) is 3.77. The minimum absolute atomic E-state index is 0.0440. The number of hydrogen-bond donors (Lipinski definition) is 7. The van der Waals surface area contributed by atoms with E-state index in [4.69, 9.17) is 15.9 Å². The van der Waals surface area contributed by atoms with Crippen LogP contribution in [0.15, 0.2) is 60.8 Å². The number of carbonyl (C=O) groups is 6. The van der Waals surface area contributed by atoms with Gasteiger partial charge in [0.2, 0.25) is 18.2 Å². The summed E-state index contributed by atoms with van der Waals surface area (Å²) in [5.41, 5.74) is 9.39. The lowest BCUT2D eigenvalue weighted by molar-refractivity contribution is -0.137. The van der Waals surface area contributed by atoms with Crippen LogP contribution in [0, 0.1) is 5.41 Å². The summed E-state index contributed by atoms with van der Waals surface area (Å²) in [5, 5.41) is 37.8. The average molecular weight is 827 g/mol. The molecule has 3 aromatic carbocycles. The van der Waals surface area contributed by atoms with Gasteiger partial charge in [-0.2, -0.15) is 0 Å². The number of imide groups is 1. The number of unbranched alkanes of at least 4 members (excludes halogenated alkanes) is 2. The lowest BCUT2D eigenvalue weighted by Crippen LogP contribution is -2.52. The summed E-state index contributed by atoms with van der Waals surface area (Å²) in [6.07, 6.45) is 6.89. The quantitative estimate of drug-likeness (QED) is 0.0286. The van der Waals surface area contributed by atoms with Crippen molar-refractivity contribution in [2.24, 2.45) is 5.73 Å². The van der Waals surface area contributed by atoms with E-state index in [1.165, 1.54) is 17.0 Å². The number of likely N-dealkylation sites (N-methyl/N-ethyl adjacent to an activating group) is 1. The number of anilines is 2. The Labute approximate surface area is 348 Å². The number of nitrogens with two attached hydrogens (primary N) is 1. The van der Waals surface area contributed by atoms with E-state index in [0.717, 1.165) is 47.9 Å². The van der Waals surface area contributed by atoms with E-state index in [0.29, 0.717) is 60.7 Å². The molecule has 0 radical (unpaired) electrons. The number of nitrogens with one attached hydrogen (secondary N) is 4. The third-order valence-electron chi connectivity index (χ3n) is 9.92. The molecule has 2 aliphatic rings. The van der Waals surface area contributed by atoms with Gasteiger partial charge >= 0.3 is 6.03 Å². The number of amidine groups is 1. The molecule has 8 N–H and O–H groups in total. The summed E-state index contributed by atoms with van der Waals surface area (Å²) >= 11 is 0. The van der Waals surface area contributed by atoms with Crippen LogP contribution in [0.1, 0.15) is 85.8 Å². The molecule has 17 nitrogen and oxygen atoms in total. The first-order valence-electron chi connectivity index (χ1n) is 19.7. The molecule has 1 aromatic heterocycles. The maximum absolute atomic E-state index is 12.4. The first-order valence-corrected chi connectivity index (χ1v) is 19.7. The molecule has 0 spiro atoms. The highest BCUT2D eigenvalue weighted by Crippen LogP contribution is 2.35. The number of rotatable bonds is 15. The van der Waals surface area contributed by atoms with Crippen molar-refractivity contribution in [2.45, 2.75) is 77.9 Å². The Kier molecular flexibility index (Phi) is 16.9. The van der Waals surface area contributed by atoms with E-state index in [1.807, 2.05) is 39.2 Å². The van der Waals surface area contributed by atoms with Crippen LogP contribution < -0.4 is 26.6 Å². The molecule has 3 heterocycles. The summed E-state index contributed by atoms with van der Waals surface area (Å²) in [7, 11) is 1.88. The number of piperidine rings is 1. The molecule has 1 atom stereocenters. The molecule has 6 amide bonds. The van der Waals surface area contributed by atoms with Crippen molar-refractivity contribution in [3.8, 4) is 11.5 Å². The van der Waals surface area contributed by atoms with Crippen molar-refractivity contribution < 1.29 is 43.7 Å². The third-order valence-corrected chi connectivity index (χ3v) is 9.92. The molecule has 0 bridgehead atoms. The Morgan fingerprint density at radius 2 is 1.85 bits per heavy atom. The number of phenolic OH excluding ortho intramolecular Hbond substituents is 2. The van der Waals surface area contributed by atoms with Crippen LogP contribution in [-0.4, -0.2) is 94.8 Å². The van der Waals surface area contributed by atoms with Crippen LogP contribution in [0.4, 0.5) is 16.2 Å². The Bertz CT molecular complexity index is 2200. The van der Waals surface area contributed by atoms with Gasteiger partial charge in [0.1, 0.15) is 29.7 Å². The fraction of sp³-hybridized carbons (Fsp3) is 0.372. The van der Waals surface area contributed by atoms with Gasteiger partial charge in [-0.05, 0) is 73.8 Å². The number of nitrogens with zero attached hydrogens (tertiary/aromatic N) is 3. The Hall–Kier alpha value is -6.59. The predicted molar refractivity (Wildman–Crippen MR) is 227 cm³/mol. The Balaban J connectivity index is 0.000000249. The molecule has 1 saturated heterocycles. The van der Waals surface area contributed by atoms with E-state index in [-0.39, 0.29) is 53.6 Å². The van der Waals surface area contributed by atoms with E-state index >= 15 is 0 Å². The first-order chi connectivity index (χ1) is 28.8. The number of primary amides is 1. The number of urea groups is 1. The van der Waals surface area contributed by atoms with Gasteiger partial charge in [0.15, 0.2) is 0 Å². The van der Waals surface area contributed by atoms with Crippen LogP contribution in [0.5, 0.6) is 11.5 Å². The second-order valence-corrected chi connectivity index (χ2v) is 14.4. The highest BCUT2D eigenvalue weighted by molar-refractivity contribution is 6.22. The SMILES string of the molecule is CCCCC=O.CNCCOCCn1ccc2cc(N(C(=N)c3cc(C(C)C)c(O)cc3O)C(N)=O)ccc21.O=CNc1cccc2c1CN(C1CCC(=O)NC1=O)C2=O. The molecule has 0 aliphatic carbocycles. The van der Waals surface area contributed by atoms with Gasteiger partial charge in [-0.1, -0.05) is 33.3 Å². The second-order valence-electron chi connectivity index (χ2n) is 14.4. The fourth-order valence-corrected chi connectivity index (χ4v) is 6.77. The summed E-state index contributed by atoms with van der Waals surface area (Å²) in [5.74, 6) is -1.72. The fourth-order valence-electron chi connectivity index (χ4n) is 6.77. The number of hydrogen-bond acceptors (Lipinski definition) is 11. The molecule has 1 fully saturated rings. The van der Waals surface area contributed by atoms with E-state index in [2.05, 4.69) is 27.4 Å². The third kappa shape index (κ3) is 11.3. The van der Waals surface area contributed by atoms with E-state index in [9.17, 15) is 39.0 Å². The van der Waals surface area contributed by atoms with Crippen molar-refractivity contribution in [1.82, 2.24) is 20.1 Å². The maximum atomic E-state index is 12.4. The number of aldehydes is 1. The zero-order valence-electron chi connectivity index (χ0n) is 34.3. The number of aromatic hydroxyl groups is 2. The zero-order valence-corrected chi connectivity index (χ0v) is 34.3. The van der Waals surface area contributed by atoms with Crippen LogP contribution >= 0.6 is 0 Å². The molecule has 6 rings (SSSR count). The smallest absolute Gasteiger partial charge is 0.325 e. The molecule has 60 heavy (non-hydrogen) atoms. The lowest BCUT2D eigenvalue weighted by Gasteiger charge is -2.29. The largest absolute Gasteiger partial charge is 0.508 e. The number of aromatic nitrogens is 1. The van der Waals surface area contributed by atoms with E-state index < -0.39 is 18.0 Å². The van der Waals surface area contributed by atoms with Crippen molar-refractivity contribution in [1.29, 1.82) is 5.41 Å². The predicted octanol–water partition coefficient (Wildman–Crippen LogP) is 4.71. The number of phenols is 2. The second kappa shape index (κ2) is 22.0. The van der Waals surface area contributed by atoms with Crippen molar-refractivity contribution in [2.75, 3.05) is 37.0 Å². The molecule has 320 valence electrons. The minimum atomic E-state index is -0.852. The molecular formula is C43H54N8O9. The lowest BCUT2D eigenvalue weighted by atomic mass is 9.98. The van der Waals surface area contributed by atoms with Crippen LogP contribution in [-0.2, 0) is 37.0 Å². The highest BCUT2D eigenvalue weighted by Gasteiger charge is 2.39. The van der Waals surface area contributed by atoms with Crippen LogP contribution in [0.3, 0.4) is 0 Å². The van der Waals surface area contributed by atoms with Crippen molar-refractivity contribution >= 4 is 64.6 Å². The van der Waals surface area contributed by atoms with Crippen LogP contribution in [0.25, 0.3) is 10.9 Å². The van der Waals surface area contributed by atoms with Gasteiger partial charge in [0, 0.05) is 72.5 Å². The number of ether oxygens (including phenoxy) is 1.